The fourth-order valence-electron chi connectivity index (χ4n) is 4.14. The number of amides is 1. The zero-order valence-corrected chi connectivity index (χ0v) is 21.4. The summed E-state index contributed by atoms with van der Waals surface area (Å²) in [6.45, 7) is 0. The fraction of sp³-hybridized carbons (Fsp3) is 0.346. The Morgan fingerprint density at radius 3 is 2.37 bits per heavy atom. The highest BCUT2D eigenvalue weighted by molar-refractivity contribution is 6.31. The van der Waals surface area contributed by atoms with Gasteiger partial charge in [-0.2, -0.15) is 0 Å². The molecule has 1 aliphatic rings. The molecule has 2 aromatic carbocycles. The molecule has 1 saturated carbocycles. The van der Waals surface area contributed by atoms with Crippen molar-refractivity contribution in [3.8, 4) is 0 Å². The number of halogens is 3. The molecule has 186 valence electrons. The van der Waals surface area contributed by atoms with Gasteiger partial charge in [-0.25, -0.2) is 14.4 Å². The lowest BCUT2D eigenvalue weighted by Gasteiger charge is -2.30. The molecule has 9 heteroatoms. The van der Waals surface area contributed by atoms with Crippen LogP contribution in [0, 0.1) is 5.82 Å². The Kier molecular flexibility index (Phi) is 9.29. The van der Waals surface area contributed by atoms with E-state index in [4.69, 9.17) is 21.6 Å². The Balaban J connectivity index is 0.00000342. The van der Waals surface area contributed by atoms with Gasteiger partial charge in [0.1, 0.15) is 23.3 Å². The first-order chi connectivity index (χ1) is 16.4. The highest BCUT2D eigenvalue weighted by Gasteiger charge is 2.23. The average Bonchev–Trinajstić information content (AvgIpc) is 2.82. The molecular formula is C26H30Cl2FN5O. The molecule has 0 atom stereocenters. The van der Waals surface area contributed by atoms with Gasteiger partial charge >= 0.3 is 0 Å². The molecule has 1 amide bonds. The molecule has 0 bridgehead atoms. The first-order valence-electron chi connectivity index (χ1n) is 11.5. The Morgan fingerprint density at radius 1 is 1.03 bits per heavy atom. The summed E-state index contributed by atoms with van der Waals surface area (Å²) in [7, 11) is 3.95. The van der Waals surface area contributed by atoms with Crippen molar-refractivity contribution in [2.75, 3.05) is 24.3 Å². The Morgan fingerprint density at radius 2 is 1.71 bits per heavy atom. The largest absolute Gasteiger partial charge is 0.367 e. The smallest absolute Gasteiger partial charge is 0.251 e. The predicted molar refractivity (Wildman–Crippen MR) is 141 cm³/mol. The number of aromatic nitrogens is 2. The van der Waals surface area contributed by atoms with Gasteiger partial charge in [-0.15, -0.1) is 12.4 Å². The van der Waals surface area contributed by atoms with Gasteiger partial charge in [0.25, 0.3) is 5.91 Å². The van der Waals surface area contributed by atoms with Gasteiger partial charge < -0.3 is 15.5 Å². The van der Waals surface area contributed by atoms with Crippen LogP contribution in [-0.2, 0) is 6.42 Å². The molecule has 4 rings (SSSR count). The van der Waals surface area contributed by atoms with Crippen molar-refractivity contribution in [3.63, 3.8) is 0 Å². The van der Waals surface area contributed by atoms with Gasteiger partial charge in [-0.1, -0.05) is 41.9 Å². The second kappa shape index (κ2) is 12.2. The summed E-state index contributed by atoms with van der Waals surface area (Å²) < 4.78 is 13.4. The Labute approximate surface area is 216 Å². The van der Waals surface area contributed by atoms with E-state index in [9.17, 15) is 9.18 Å². The maximum Gasteiger partial charge on any atom is 0.251 e. The summed E-state index contributed by atoms with van der Waals surface area (Å²) in [5.74, 6) is 1.70. The Hall–Kier alpha value is -2.90. The van der Waals surface area contributed by atoms with Crippen molar-refractivity contribution in [1.82, 2.24) is 15.3 Å². The summed E-state index contributed by atoms with van der Waals surface area (Å²) >= 11 is 5.81. The minimum absolute atomic E-state index is 0. The molecule has 0 aliphatic heterocycles. The summed E-state index contributed by atoms with van der Waals surface area (Å²) in [6, 6.07) is 16.5. The van der Waals surface area contributed by atoms with E-state index in [1.54, 1.807) is 0 Å². The van der Waals surface area contributed by atoms with Gasteiger partial charge in [0.2, 0.25) is 0 Å². The van der Waals surface area contributed by atoms with Gasteiger partial charge in [0.05, 0.1) is 5.02 Å². The molecule has 2 N–H and O–H groups in total. The van der Waals surface area contributed by atoms with E-state index in [1.807, 2.05) is 43.3 Å². The molecule has 1 aromatic heterocycles. The molecule has 1 aliphatic carbocycles. The van der Waals surface area contributed by atoms with Crippen molar-refractivity contribution >= 4 is 41.6 Å². The molecule has 35 heavy (non-hydrogen) atoms. The van der Waals surface area contributed by atoms with E-state index in [-0.39, 0.29) is 35.4 Å². The monoisotopic (exact) mass is 517 g/mol. The van der Waals surface area contributed by atoms with E-state index in [2.05, 4.69) is 22.8 Å². The molecule has 0 unspecified atom stereocenters. The SMILES string of the molecule is CN(C)c1cc(NC2CCC(NC(=O)c3ccc(F)c(Cl)c3)CC2)nc(Cc2ccccc2)n1.Cl. The number of nitrogens with zero attached hydrogens (tertiary/aromatic N) is 3. The summed E-state index contributed by atoms with van der Waals surface area (Å²) in [5, 5.41) is 6.57. The van der Waals surface area contributed by atoms with Crippen LogP contribution in [0.3, 0.4) is 0 Å². The van der Waals surface area contributed by atoms with Crippen molar-refractivity contribution in [2.24, 2.45) is 0 Å². The van der Waals surface area contributed by atoms with E-state index < -0.39 is 5.82 Å². The zero-order valence-electron chi connectivity index (χ0n) is 19.8. The first kappa shape index (κ1) is 26.7. The molecular weight excluding hydrogens is 488 g/mol. The number of hydrogen-bond acceptors (Lipinski definition) is 5. The lowest BCUT2D eigenvalue weighted by Crippen LogP contribution is -2.40. The zero-order chi connectivity index (χ0) is 24.1. The van der Waals surface area contributed by atoms with Gasteiger partial charge in [0.15, 0.2) is 0 Å². The van der Waals surface area contributed by atoms with Crippen molar-refractivity contribution < 1.29 is 9.18 Å². The van der Waals surface area contributed by atoms with Gasteiger partial charge in [-0.05, 0) is 49.4 Å². The molecule has 1 heterocycles. The van der Waals surface area contributed by atoms with Crippen molar-refractivity contribution in [2.45, 2.75) is 44.2 Å². The minimum atomic E-state index is -0.529. The number of carbonyl (C=O) groups is 1. The average molecular weight is 518 g/mol. The van der Waals surface area contributed by atoms with Crippen molar-refractivity contribution in [3.05, 3.63) is 82.4 Å². The number of benzene rings is 2. The molecule has 3 aromatic rings. The van der Waals surface area contributed by atoms with Crippen LogP contribution in [0.5, 0.6) is 0 Å². The molecule has 6 nitrogen and oxygen atoms in total. The second-order valence-electron chi connectivity index (χ2n) is 8.88. The van der Waals surface area contributed by atoms with Gasteiger partial charge in [-0.3, -0.25) is 4.79 Å². The minimum Gasteiger partial charge on any atom is -0.367 e. The van der Waals surface area contributed by atoms with E-state index in [0.717, 1.165) is 43.1 Å². The van der Waals surface area contributed by atoms with Crippen molar-refractivity contribution in [1.29, 1.82) is 0 Å². The van der Waals surface area contributed by atoms with Crippen LogP contribution < -0.4 is 15.5 Å². The number of rotatable bonds is 7. The third kappa shape index (κ3) is 7.29. The van der Waals surface area contributed by atoms with Crippen LogP contribution in [0.2, 0.25) is 5.02 Å². The summed E-state index contributed by atoms with van der Waals surface area (Å²) in [5.41, 5.74) is 1.54. The fourth-order valence-corrected chi connectivity index (χ4v) is 4.32. The van der Waals surface area contributed by atoms with Gasteiger partial charge in [0, 0.05) is 44.2 Å². The molecule has 0 saturated heterocycles. The lowest BCUT2D eigenvalue weighted by molar-refractivity contribution is 0.0926. The van der Waals surface area contributed by atoms with E-state index in [0.29, 0.717) is 12.0 Å². The van der Waals surface area contributed by atoms with Crippen LogP contribution in [0.25, 0.3) is 0 Å². The number of anilines is 2. The second-order valence-corrected chi connectivity index (χ2v) is 9.29. The van der Waals surface area contributed by atoms with E-state index in [1.165, 1.54) is 23.8 Å². The summed E-state index contributed by atoms with van der Waals surface area (Å²) in [4.78, 5) is 24.0. The molecule has 0 spiro atoms. The summed E-state index contributed by atoms with van der Waals surface area (Å²) in [6.07, 6.45) is 4.18. The lowest BCUT2D eigenvalue weighted by atomic mass is 9.91. The normalized spacial score (nSPS) is 17.3. The number of carbonyl (C=O) groups excluding carboxylic acids is 1. The first-order valence-corrected chi connectivity index (χ1v) is 11.9. The molecule has 1 fully saturated rings. The maximum absolute atomic E-state index is 13.4. The highest BCUT2D eigenvalue weighted by Crippen LogP contribution is 2.24. The van der Waals surface area contributed by atoms with E-state index >= 15 is 0 Å². The van der Waals surface area contributed by atoms with Crippen LogP contribution >= 0.6 is 24.0 Å². The Bertz CT molecular complexity index is 1140. The van der Waals surface area contributed by atoms with Crippen LogP contribution in [0.4, 0.5) is 16.0 Å². The highest BCUT2D eigenvalue weighted by atomic mass is 35.5. The molecule has 0 radical (unpaired) electrons. The predicted octanol–water partition coefficient (Wildman–Crippen LogP) is 5.50. The van der Waals surface area contributed by atoms with Crippen LogP contribution in [0.15, 0.2) is 54.6 Å². The van der Waals surface area contributed by atoms with Crippen LogP contribution in [0.1, 0.15) is 47.4 Å². The van der Waals surface area contributed by atoms with Crippen LogP contribution in [-0.4, -0.2) is 42.1 Å². The maximum atomic E-state index is 13.4. The standard InChI is InChI=1S/C26H29ClFN5O.ClH/c1-33(2)25-16-24(31-23(32-25)14-17-6-4-3-5-7-17)29-19-9-11-20(12-10-19)30-26(34)18-8-13-22(28)21(27)15-18;/h3-8,13,15-16,19-20H,9-12,14H2,1-2H3,(H,30,34)(H,29,31,32);1H. The third-order valence-electron chi connectivity index (χ3n) is 6.02. The number of hydrogen-bond donors (Lipinski definition) is 2. The topological polar surface area (TPSA) is 70.2 Å². The number of nitrogens with one attached hydrogen (secondary N) is 2. The third-order valence-corrected chi connectivity index (χ3v) is 6.31. The quantitative estimate of drug-likeness (QED) is 0.432.